The monoisotopic (exact) mass is 420 g/mol. The first-order valence-corrected chi connectivity index (χ1v) is 9.49. The fourth-order valence-electron chi connectivity index (χ4n) is 3.55. The largest absolute Gasteiger partial charge is 0.493 e. The number of esters is 1. The van der Waals surface area contributed by atoms with Gasteiger partial charge in [-0.1, -0.05) is 6.07 Å². The second kappa shape index (κ2) is 8.02. The molecule has 0 radical (unpaired) electrons. The number of carbonyl (C=O) groups is 1. The smallest absolute Gasteiger partial charge is 0.379 e. The number of carbonyl (C=O) groups excluding carboxylic acids is 1. The van der Waals surface area contributed by atoms with Gasteiger partial charge < -0.3 is 23.0 Å². The number of fused-ring (bicyclic) bond motifs is 1. The van der Waals surface area contributed by atoms with Gasteiger partial charge in [-0.2, -0.15) is 0 Å². The van der Waals surface area contributed by atoms with E-state index in [1.54, 1.807) is 51.3 Å². The summed E-state index contributed by atoms with van der Waals surface area (Å²) in [5.41, 5.74) is 0.979. The maximum absolute atomic E-state index is 13.1. The number of furan rings is 2. The van der Waals surface area contributed by atoms with Crippen molar-refractivity contribution in [3.63, 3.8) is 0 Å². The van der Waals surface area contributed by atoms with Crippen molar-refractivity contribution < 1.29 is 27.8 Å². The van der Waals surface area contributed by atoms with Gasteiger partial charge in [0.25, 0.3) is 0 Å². The number of hydrogen-bond acceptors (Lipinski definition) is 7. The summed E-state index contributed by atoms with van der Waals surface area (Å²) < 4.78 is 27.1. The zero-order valence-corrected chi connectivity index (χ0v) is 17.5. The molecule has 0 bridgehead atoms. The Hall–Kier alpha value is -4.00. The van der Waals surface area contributed by atoms with E-state index < -0.39 is 5.97 Å². The molecule has 0 saturated carbocycles. The molecule has 2 aromatic heterocycles. The molecule has 0 aliphatic carbocycles. The van der Waals surface area contributed by atoms with Crippen LogP contribution in [0.2, 0.25) is 0 Å². The van der Waals surface area contributed by atoms with E-state index in [0.29, 0.717) is 44.9 Å². The van der Waals surface area contributed by atoms with Crippen LogP contribution in [0.1, 0.15) is 22.1 Å². The van der Waals surface area contributed by atoms with Gasteiger partial charge in [-0.25, -0.2) is 4.79 Å². The molecule has 0 aliphatic rings. The van der Waals surface area contributed by atoms with Crippen LogP contribution in [-0.2, 0) is 0 Å². The molecule has 4 rings (SSSR count). The van der Waals surface area contributed by atoms with Crippen LogP contribution in [-0.4, -0.2) is 20.2 Å². The Labute approximate surface area is 177 Å². The van der Waals surface area contributed by atoms with E-state index >= 15 is 0 Å². The minimum absolute atomic E-state index is 0.0486. The van der Waals surface area contributed by atoms with Crippen molar-refractivity contribution in [1.82, 2.24) is 0 Å². The van der Waals surface area contributed by atoms with Crippen LogP contribution < -0.4 is 19.6 Å². The van der Waals surface area contributed by atoms with Crippen LogP contribution in [0, 0.1) is 13.8 Å². The topological polar surface area (TPSA) is 88.1 Å². The number of aryl methyl sites for hydroxylation is 2. The van der Waals surface area contributed by atoms with Crippen LogP contribution >= 0.6 is 0 Å². The van der Waals surface area contributed by atoms with Gasteiger partial charge in [0, 0.05) is 0 Å². The standard InChI is InChI=1S/C24H20O7/c1-13-22-17(25)10-16(15-7-8-18(27-3)20(11-15)28-4)12-21(23(22)14(2)30-13)31-24(26)19-6-5-9-29-19/h5-12H,1-4H3. The summed E-state index contributed by atoms with van der Waals surface area (Å²) >= 11 is 0. The Kier molecular flexibility index (Phi) is 5.25. The highest BCUT2D eigenvalue weighted by Crippen LogP contribution is 2.36. The van der Waals surface area contributed by atoms with E-state index in [1.165, 1.54) is 25.5 Å². The zero-order chi connectivity index (χ0) is 22.1. The Morgan fingerprint density at radius 1 is 0.839 bits per heavy atom. The van der Waals surface area contributed by atoms with Gasteiger partial charge in [-0.3, -0.25) is 4.79 Å². The lowest BCUT2D eigenvalue weighted by molar-refractivity contribution is 0.0704. The van der Waals surface area contributed by atoms with Crippen molar-refractivity contribution in [3.8, 4) is 28.4 Å². The van der Waals surface area contributed by atoms with Gasteiger partial charge in [-0.05, 0) is 61.4 Å². The van der Waals surface area contributed by atoms with E-state index in [1.807, 2.05) is 0 Å². The summed E-state index contributed by atoms with van der Waals surface area (Å²) in [5, 5.41) is 0.792. The highest BCUT2D eigenvalue weighted by molar-refractivity contribution is 5.96. The highest BCUT2D eigenvalue weighted by Gasteiger charge is 2.20. The molecule has 4 aromatic rings. The van der Waals surface area contributed by atoms with Crippen molar-refractivity contribution in [2.75, 3.05) is 14.2 Å². The van der Waals surface area contributed by atoms with Crippen LogP contribution in [0.25, 0.3) is 21.9 Å². The molecule has 0 saturated heterocycles. The molecule has 7 nitrogen and oxygen atoms in total. The lowest BCUT2D eigenvalue weighted by Gasteiger charge is -2.09. The SMILES string of the molecule is COc1ccc(-c2cc(OC(=O)c3ccco3)c3c(C)oc(C)c3c(=O)c2)cc1OC. The summed E-state index contributed by atoms with van der Waals surface area (Å²) in [5.74, 6) is 1.55. The van der Waals surface area contributed by atoms with Crippen LogP contribution in [0.15, 0.2) is 62.4 Å². The molecule has 2 heterocycles. The average molecular weight is 420 g/mol. The van der Waals surface area contributed by atoms with Crippen LogP contribution in [0.3, 0.4) is 0 Å². The summed E-state index contributed by atoms with van der Waals surface area (Å²) in [7, 11) is 3.08. The summed E-state index contributed by atoms with van der Waals surface area (Å²) in [6, 6.07) is 11.5. The molecule has 158 valence electrons. The minimum Gasteiger partial charge on any atom is -0.493 e. The second-order valence-corrected chi connectivity index (χ2v) is 6.87. The average Bonchev–Trinajstić information content (AvgIpc) is 3.36. The van der Waals surface area contributed by atoms with Crippen LogP contribution in [0.4, 0.5) is 0 Å². The van der Waals surface area contributed by atoms with Crippen molar-refractivity contribution in [2.45, 2.75) is 13.8 Å². The predicted octanol–water partition coefficient (Wildman–Crippen LogP) is 4.91. The molecule has 0 amide bonds. The second-order valence-electron chi connectivity index (χ2n) is 6.87. The fourth-order valence-corrected chi connectivity index (χ4v) is 3.55. The fraction of sp³-hybridized carbons (Fsp3) is 0.167. The molecule has 0 spiro atoms. The number of benzene rings is 1. The third kappa shape index (κ3) is 3.66. The molecule has 0 aliphatic heterocycles. The normalized spacial score (nSPS) is 10.8. The Morgan fingerprint density at radius 2 is 1.55 bits per heavy atom. The first-order chi connectivity index (χ1) is 14.9. The molecular weight excluding hydrogens is 400 g/mol. The molecule has 2 aromatic carbocycles. The van der Waals surface area contributed by atoms with E-state index in [9.17, 15) is 9.59 Å². The molecular formula is C24H20O7. The van der Waals surface area contributed by atoms with Gasteiger partial charge in [0.15, 0.2) is 16.9 Å². The van der Waals surface area contributed by atoms with Crippen molar-refractivity contribution in [1.29, 1.82) is 0 Å². The van der Waals surface area contributed by atoms with E-state index in [0.717, 1.165) is 0 Å². The predicted molar refractivity (Wildman–Crippen MR) is 114 cm³/mol. The maximum atomic E-state index is 13.1. The molecule has 0 fully saturated rings. The summed E-state index contributed by atoms with van der Waals surface area (Å²) in [4.78, 5) is 25.7. The summed E-state index contributed by atoms with van der Waals surface area (Å²) in [6.45, 7) is 3.42. The summed E-state index contributed by atoms with van der Waals surface area (Å²) in [6.07, 6.45) is 1.38. The number of ether oxygens (including phenoxy) is 3. The lowest BCUT2D eigenvalue weighted by Crippen LogP contribution is -2.07. The van der Waals surface area contributed by atoms with Crippen molar-refractivity contribution in [3.05, 3.63) is 76.2 Å². The lowest BCUT2D eigenvalue weighted by atomic mass is 10.1. The molecule has 7 heteroatoms. The van der Waals surface area contributed by atoms with Gasteiger partial charge in [-0.15, -0.1) is 0 Å². The third-order valence-corrected chi connectivity index (χ3v) is 4.97. The van der Waals surface area contributed by atoms with Gasteiger partial charge in [0.05, 0.1) is 31.3 Å². The van der Waals surface area contributed by atoms with Gasteiger partial charge in [0.2, 0.25) is 5.76 Å². The molecule has 0 N–H and O–H groups in total. The number of methoxy groups -OCH3 is 2. The zero-order valence-electron chi connectivity index (χ0n) is 17.5. The first kappa shape index (κ1) is 20.3. The minimum atomic E-state index is -0.679. The Bertz CT molecular complexity index is 1330. The molecule has 0 atom stereocenters. The van der Waals surface area contributed by atoms with Gasteiger partial charge in [0.1, 0.15) is 17.3 Å². The van der Waals surface area contributed by atoms with Gasteiger partial charge >= 0.3 is 5.97 Å². The Balaban J connectivity index is 1.96. The third-order valence-electron chi connectivity index (χ3n) is 4.97. The van der Waals surface area contributed by atoms with E-state index in [4.69, 9.17) is 23.0 Å². The van der Waals surface area contributed by atoms with Crippen molar-refractivity contribution >= 4 is 16.7 Å². The molecule has 0 unspecified atom stereocenters. The number of rotatable bonds is 5. The Morgan fingerprint density at radius 3 is 2.23 bits per heavy atom. The van der Waals surface area contributed by atoms with Crippen LogP contribution in [0.5, 0.6) is 17.2 Å². The number of hydrogen-bond donors (Lipinski definition) is 0. The molecule has 31 heavy (non-hydrogen) atoms. The quantitative estimate of drug-likeness (QED) is 0.424. The van der Waals surface area contributed by atoms with E-state index in [-0.39, 0.29) is 16.9 Å². The first-order valence-electron chi connectivity index (χ1n) is 9.49. The van der Waals surface area contributed by atoms with E-state index in [2.05, 4.69) is 0 Å². The maximum Gasteiger partial charge on any atom is 0.379 e. The van der Waals surface area contributed by atoms with Crippen molar-refractivity contribution in [2.24, 2.45) is 0 Å². The highest BCUT2D eigenvalue weighted by atomic mass is 16.5.